The molecule has 0 aliphatic rings. The zero-order chi connectivity index (χ0) is 18.2. The van der Waals surface area contributed by atoms with Gasteiger partial charge in [0.1, 0.15) is 12.7 Å². The average Bonchev–Trinajstić information content (AvgIpc) is 2.62. The zero-order valence-electron chi connectivity index (χ0n) is 13.6. The highest BCUT2D eigenvalue weighted by Gasteiger charge is 2.21. The molecule has 5 N–H and O–H groups in total. The van der Waals surface area contributed by atoms with E-state index in [-0.39, 0.29) is 19.6 Å². The van der Waals surface area contributed by atoms with Crippen LogP contribution >= 0.6 is 11.6 Å². The maximum Gasteiger partial charge on any atom is 0.407 e. The molecule has 2 atom stereocenters. The number of hydrogen-bond acceptors (Lipinski definition) is 5. The number of benzene rings is 2. The van der Waals surface area contributed by atoms with Crippen LogP contribution in [0, 0.1) is 0 Å². The van der Waals surface area contributed by atoms with Crippen molar-refractivity contribution in [3.05, 3.63) is 64.7 Å². The number of nitrogen functional groups attached to an aromatic ring is 1. The molecule has 0 aliphatic carbocycles. The van der Waals surface area contributed by atoms with Crippen molar-refractivity contribution in [3.63, 3.8) is 0 Å². The molecule has 1 amide bonds. The Labute approximate surface area is 151 Å². The van der Waals surface area contributed by atoms with Gasteiger partial charge < -0.3 is 26.0 Å². The summed E-state index contributed by atoms with van der Waals surface area (Å²) >= 11 is 6.00. The van der Waals surface area contributed by atoms with Gasteiger partial charge in [0.05, 0.1) is 6.10 Å². The van der Waals surface area contributed by atoms with Gasteiger partial charge in [0.15, 0.2) is 0 Å². The van der Waals surface area contributed by atoms with Crippen LogP contribution < -0.4 is 11.1 Å². The van der Waals surface area contributed by atoms with Crippen molar-refractivity contribution in [2.75, 3.05) is 12.3 Å². The van der Waals surface area contributed by atoms with Crippen molar-refractivity contribution in [2.24, 2.45) is 0 Å². The lowest BCUT2D eigenvalue weighted by Crippen LogP contribution is -2.29. The predicted octanol–water partition coefficient (Wildman–Crippen LogP) is 2.63. The second-order valence-corrected chi connectivity index (χ2v) is 5.98. The number of rotatable bonds is 7. The summed E-state index contributed by atoms with van der Waals surface area (Å²) in [6.45, 7) is 0.308. The number of nitrogens with two attached hydrogens (primary N) is 1. The number of carbonyl (C=O) groups is 1. The van der Waals surface area contributed by atoms with E-state index in [4.69, 9.17) is 22.1 Å². The summed E-state index contributed by atoms with van der Waals surface area (Å²) in [5, 5.41) is 23.1. The molecule has 2 aromatic rings. The summed E-state index contributed by atoms with van der Waals surface area (Å²) in [4.78, 5) is 11.6. The molecule has 0 aliphatic heterocycles. The molecule has 0 heterocycles. The Morgan fingerprint density at radius 3 is 2.64 bits per heavy atom. The van der Waals surface area contributed by atoms with E-state index in [9.17, 15) is 15.0 Å². The quantitative estimate of drug-likeness (QED) is 0.565. The molecule has 2 unspecified atom stereocenters. The summed E-state index contributed by atoms with van der Waals surface area (Å²) in [5.41, 5.74) is 7.33. The molecule has 0 spiro atoms. The highest BCUT2D eigenvalue weighted by molar-refractivity contribution is 6.31. The Kier molecular flexibility index (Phi) is 7.06. The van der Waals surface area contributed by atoms with E-state index in [0.29, 0.717) is 16.3 Å². The van der Waals surface area contributed by atoms with Crippen LogP contribution in [0.2, 0.25) is 5.02 Å². The summed E-state index contributed by atoms with van der Waals surface area (Å²) in [5.74, 6) is 0. The topological polar surface area (TPSA) is 105 Å². The van der Waals surface area contributed by atoms with Gasteiger partial charge in [-0.2, -0.15) is 0 Å². The SMILES string of the molecule is Nc1ccc(Cl)c(C(O)C(O)CCNC(=O)OCc2ccccc2)c1. The van der Waals surface area contributed by atoms with Crippen LogP contribution in [-0.2, 0) is 11.3 Å². The number of aliphatic hydroxyl groups excluding tert-OH is 2. The van der Waals surface area contributed by atoms with Gasteiger partial charge in [-0.15, -0.1) is 0 Å². The van der Waals surface area contributed by atoms with Crippen molar-refractivity contribution in [1.29, 1.82) is 0 Å². The van der Waals surface area contributed by atoms with E-state index in [1.807, 2.05) is 30.3 Å². The number of ether oxygens (including phenoxy) is 1. The maximum atomic E-state index is 11.6. The van der Waals surface area contributed by atoms with Gasteiger partial charge in [0.2, 0.25) is 0 Å². The van der Waals surface area contributed by atoms with Gasteiger partial charge >= 0.3 is 6.09 Å². The lowest BCUT2D eigenvalue weighted by atomic mass is 10.0. The van der Waals surface area contributed by atoms with Gasteiger partial charge in [-0.3, -0.25) is 0 Å². The van der Waals surface area contributed by atoms with E-state index in [1.165, 1.54) is 6.07 Å². The molecule has 0 aromatic heterocycles. The number of amides is 1. The lowest BCUT2D eigenvalue weighted by molar-refractivity contribution is 0.0137. The van der Waals surface area contributed by atoms with Crippen LogP contribution in [0.1, 0.15) is 23.7 Å². The maximum absolute atomic E-state index is 11.6. The first-order valence-corrected chi connectivity index (χ1v) is 8.21. The fourth-order valence-corrected chi connectivity index (χ4v) is 2.48. The smallest absolute Gasteiger partial charge is 0.407 e. The zero-order valence-corrected chi connectivity index (χ0v) is 14.3. The van der Waals surface area contributed by atoms with Gasteiger partial charge in [-0.05, 0) is 30.2 Å². The number of hydrogen-bond donors (Lipinski definition) is 4. The molecule has 0 saturated heterocycles. The summed E-state index contributed by atoms with van der Waals surface area (Å²) in [6.07, 6.45) is -2.76. The molecule has 2 rings (SSSR count). The molecule has 2 aromatic carbocycles. The first-order valence-electron chi connectivity index (χ1n) is 7.83. The summed E-state index contributed by atoms with van der Waals surface area (Å²) in [7, 11) is 0. The van der Waals surface area contributed by atoms with Crippen molar-refractivity contribution in [3.8, 4) is 0 Å². The standard InChI is InChI=1S/C18H21ClN2O4/c19-15-7-6-13(20)10-14(15)17(23)16(22)8-9-21-18(24)25-11-12-4-2-1-3-5-12/h1-7,10,16-17,22-23H,8-9,11,20H2,(H,21,24). The minimum absolute atomic E-state index is 0.132. The molecule has 6 nitrogen and oxygen atoms in total. The Bertz CT molecular complexity index is 697. The Morgan fingerprint density at radius 1 is 1.20 bits per heavy atom. The van der Waals surface area contributed by atoms with Crippen LogP contribution in [0.3, 0.4) is 0 Å². The number of carbonyl (C=O) groups excluding carboxylic acids is 1. The van der Waals surface area contributed by atoms with E-state index in [2.05, 4.69) is 5.32 Å². The van der Waals surface area contributed by atoms with Gasteiger partial charge in [0, 0.05) is 22.8 Å². The van der Waals surface area contributed by atoms with E-state index < -0.39 is 18.3 Å². The van der Waals surface area contributed by atoms with Crippen LogP contribution in [0.25, 0.3) is 0 Å². The van der Waals surface area contributed by atoms with Crippen molar-refractivity contribution < 1.29 is 19.7 Å². The number of nitrogens with one attached hydrogen (secondary N) is 1. The molecule has 134 valence electrons. The first kappa shape index (κ1) is 19.1. The molecule has 0 bridgehead atoms. The molecule has 0 fully saturated rings. The fourth-order valence-electron chi connectivity index (χ4n) is 2.25. The molecule has 7 heteroatoms. The minimum Gasteiger partial charge on any atom is -0.445 e. The summed E-state index contributed by atoms with van der Waals surface area (Å²) < 4.78 is 5.06. The predicted molar refractivity (Wildman–Crippen MR) is 96.1 cm³/mol. The van der Waals surface area contributed by atoms with Crippen molar-refractivity contribution in [2.45, 2.75) is 25.2 Å². The van der Waals surface area contributed by atoms with Gasteiger partial charge in [-0.1, -0.05) is 41.9 Å². The van der Waals surface area contributed by atoms with Crippen LogP contribution in [0.15, 0.2) is 48.5 Å². The third-order valence-electron chi connectivity index (χ3n) is 3.63. The number of aliphatic hydroxyl groups is 2. The Hall–Kier alpha value is -2.28. The first-order chi connectivity index (χ1) is 12.0. The second kappa shape index (κ2) is 9.27. The largest absolute Gasteiger partial charge is 0.445 e. The Balaban J connectivity index is 1.75. The highest BCUT2D eigenvalue weighted by atomic mass is 35.5. The summed E-state index contributed by atoms with van der Waals surface area (Å²) in [6, 6.07) is 14.0. The van der Waals surface area contributed by atoms with Crippen LogP contribution in [-0.4, -0.2) is 29.0 Å². The lowest BCUT2D eigenvalue weighted by Gasteiger charge is -2.19. The number of anilines is 1. The fraction of sp³-hybridized carbons (Fsp3) is 0.278. The molecular formula is C18H21ClN2O4. The van der Waals surface area contributed by atoms with Crippen LogP contribution in [0.5, 0.6) is 0 Å². The van der Waals surface area contributed by atoms with Crippen molar-refractivity contribution in [1.82, 2.24) is 5.32 Å². The average molecular weight is 365 g/mol. The Morgan fingerprint density at radius 2 is 1.92 bits per heavy atom. The van der Waals surface area contributed by atoms with E-state index in [1.54, 1.807) is 12.1 Å². The number of alkyl carbamates (subject to hydrolysis) is 1. The molecule has 25 heavy (non-hydrogen) atoms. The van der Waals surface area contributed by atoms with Gasteiger partial charge in [0.25, 0.3) is 0 Å². The third kappa shape index (κ3) is 5.94. The van der Waals surface area contributed by atoms with E-state index in [0.717, 1.165) is 5.56 Å². The molecule has 0 radical (unpaired) electrons. The van der Waals surface area contributed by atoms with Gasteiger partial charge in [-0.25, -0.2) is 4.79 Å². The van der Waals surface area contributed by atoms with E-state index >= 15 is 0 Å². The monoisotopic (exact) mass is 364 g/mol. The number of halogens is 1. The van der Waals surface area contributed by atoms with Crippen LogP contribution in [0.4, 0.5) is 10.5 Å². The molecular weight excluding hydrogens is 344 g/mol. The minimum atomic E-state index is -1.20. The van der Waals surface area contributed by atoms with Crippen molar-refractivity contribution >= 4 is 23.4 Å². The normalized spacial score (nSPS) is 13.1. The molecule has 0 saturated carbocycles. The third-order valence-corrected chi connectivity index (χ3v) is 3.97. The highest BCUT2D eigenvalue weighted by Crippen LogP contribution is 2.28. The second-order valence-electron chi connectivity index (χ2n) is 5.57.